The molecular formula is C13H18ClN3O. The lowest BCUT2D eigenvalue weighted by Gasteiger charge is -2.17. The number of carbonyl (C=O) groups excluding carboxylic acids is 1. The second-order valence-electron chi connectivity index (χ2n) is 4.86. The summed E-state index contributed by atoms with van der Waals surface area (Å²) >= 11 is 5.91. The molecule has 1 unspecified atom stereocenters. The van der Waals surface area contributed by atoms with Gasteiger partial charge in [-0.05, 0) is 24.8 Å². The van der Waals surface area contributed by atoms with Gasteiger partial charge in [-0.15, -0.1) is 0 Å². The van der Waals surface area contributed by atoms with Gasteiger partial charge >= 0.3 is 0 Å². The molecular weight excluding hydrogens is 250 g/mol. The van der Waals surface area contributed by atoms with E-state index >= 15 is 0 Å². The van der Waals surface area contributed by atoms with Gasteiger partial charge in [-0.3, -0.25) is 4.79 Å². The molecule has 1 aliphatic carbocycles. The molecule has 1 amide bonds. The predicted molar refractivity (Wildman–Crippen MR) is 72.5 cm³/mol. The number of rotatable bonds is 5. The largest absolute Gasteiger partial charge is 0.397 e. The van der Waals surface area contributed by atoms with Crippen LogP contribution < -0.4 is 11.1 Å². The minimum Gasteiger partial charge on any atom is -0.397 e. The highest BCUT2D eigenvalue weighted by Gasteiger charge is 2.26. The van der Waals surface area contributed by atoms with E-state index in [1.54, 1.807) is 6.07 Å². The van der Waals surface area contributed by atoms with Crippen molar-refractivity contribution in [1.29, 1.82) is 0 Å². The van der Waals surface area contributed by atoms with Crippen LogP contribution in [-0.4, -0.2) is 16.9 Å². The number of pyridine rings is 1. The highest BCUT2D eigenvalue weighted by Crippen LogP contribution is 2.34. The third-order valence-corrected chi connectivity index (χ3v) is 3.55. The van der Waals surface area contributed by atoms with Crippen LogP contribution in [0.4, 0.5) is 5.69 Å². The first-order valence-corrected chi connectivity index (χ1v) is 6.69. The van der Waals surface area contributed by atoms with Gasteiger partial charge < -0.3 is 11.1 Å². The summed E-state index contributed by atoms with van der Waals surface area (Å²) in [5, 5.41) is 3.20. The summed E-state index contributed by atoms with van der Waals surface area (Å²) in [7, 11) is 0. The van der Waals surface area contributed by atoms with Crippen molar-refractivity contribution in [3.05, 3.63) is 23.0 Å². The number of aromatic nitrogens is 1. The zero-order valence-corrected chi connectivity index (χ0v) is 11.2. The Morgan fingerprint density at radius 3 is 3.00 bits per heavy atom. The summed E-state index contributed by atoms with van der Waals surface area (Å²) in [5.41, 5.74) is 6.42. The zero-order valence-electron chi connectivity index (χ0n) is 10.4. The Kier molecular flexibility index (Phi) is 4.07. The fourth-order valence-electron chi connectivity index (χ4n) is 1.97. The Bertz CT molecular complexity index is 446. The molecule has 5 heteroatoms. The first-order chi connectivity index (χ1) is 8.60. The molecule has 0 bridgehead atoms. The monoisotopic (exact) mass is 267 g/mol. The van der Waals surface area contributed by atoms with E-state index in [1.807, 2.05) is 0 Å². The van der Waals surface area contributed by atoms with E-state index in [4.69, 9.17) is 17.3 Å². The molecule has 0 aliphatic heterocycles. The molecule has 0 spiro atoms. The van der Waals surface area contributed by atoms with Crippen molar-refractivity contribution >= 4 is 23.2 Å². The van der Waals surface area contributed by atoms with E-state index < -0.39 is 0 Å². The van der Waals surface area contributed by atoms with Gasteiger partial charge in [0.05, 0.1) is 17.4 Å². The van der Waals surface area contributed by atoms with Crippen LogP contribution >= 0.6 is 11.6 Å². The summed E-state index contributed by atoms with van der Waals surface area (Å²) in [6.07, 6.45) is 5.99. The van der Waals surface area contributed by atoms with E-state index in [0.717, 1.165) is 18.8 Å². The van der Waals surface area contributed by atoms with Crippen LogP contribution in [0, 0.1) is 5.92 Å². The quantitative estimate of drug-likeness (QED) is 0.806. The van der Waals surface area contributed by atoms with E-state index in [1.165, 1.54) is 19.0 Å². The Morgan fingerprint density at radius 1 is 1.67 bits per heavy atom. The van der Waals surface area contributed by atoms with Crippen LogP contribution in [0.3, 0.4) is 0 Å². The van der Waals surface area contributed by atoms with Crippen LogP contribution in [0.15, 0.2) is 12.3 Å². The molecule has 1 aliphatic rings. The SMILES string of the molecule is CCC(CC1CC1)NC(=O)c1cc(N)cnc1Cl. The molecule has 18 heavy (non-hydrogen) atoms. The first-order valence-electron chi connectivity index (χ1n) is 6.32. The Hall–Kier alpha value is -1.29. The van der Waals surface area contributed by atoms with Gasteiger partial charge in [0.15, 0.2) is 0 Å². The summed E-state index contributed by atoms with van der Waals surface area (Å²) in [6, 6.07) is 1.77. The van der Waals surface area contributed by atoms with Gasteiger partial charge in [0.1, 0.15) is 5.15 Å². The summed E-state index contributed by atoms with van der Waals surface area (Å²) < 4.78 is 0. The van der Waals surface area contributed by atoms with Gasteiger partial charge in [0.25, 0.3) is 5.91 Å². The van der Waals surface area contributed by atoms with Crippen molar-refractivity contribution in [2.45, 2.75) is 38.6 Å². The molecule has 1 aromatic heterocycles. The number of hydrogen-bond donors (Lipinski definition) is 2. The van der Waals surface area contributed by atoms with E-state index in [2.05, 4.69) is 17.2 Å². The number of carbonyl (C=O) groups is 1. The van der Waals surface area contributed by atoms with Crippen molar-refractivity contribution in [2.24, 2.45) is 5.92 Å². The molecule has 4 nitrogen and oxygen atoms in total. The van der Waals surface area contributed by atoms with Gasteiger partial charge in [0, 0.05) is 6.04 Å². The van der Waals surface area contributed by atoms with Crippen LogP contribution in [0.1, 0.15) is 43.0 Å². The average Bonchev–Trinajstić information content (AvgIpc) is 3.15. The number of nitrogens with zero attached hydrogens (tertiary/aromatic N) is 1. The molecule has 1 saturated carbocycles. The second kappa shape index (κ2) is 5.57. The normalized spacial score (nSPS) is 16.3. The molecule has 1 aromatic rings. The number of hydrogen-bond acceptors (Lipinski definition) is 3. The lowest BCUT2D eigenvalue weighted by Crippen LogP contribution is -2.35. The zero-order chi connectivity index (χ0) is 13.1. The van der Waals surface area contributed by atoms with Crippen molar-refractivity contribution < 1.29 is 4.79 Å². The molecule has 1 atom stereocenters. The van der Waals surface area contributed by atoms with E-state index in [9.17, 15) is 4.79 Å². The van der Waals surface area contributed by atoms with Gasteiger partial charge in [-0.25, -0.2) is 4.98 Å². The van der Waals surface area contributed by atoms with E-state index in [-0.39, 0.29) is 17.1 Å². The molecule has 98 valence electrons. The third kappa shape index (κ3) is 3.35. The second-order valence-corrected chi connectivity index (χ2v) is 5.22. The Labute approximate surface area is 112 Å². The van der Waals surface area contributed by atoms with Crippen LogP contribution in [-0.2, 0) is 0 Å². The number of nitrogens with one attached hydrogen (secondary N) is 1. The maximum absolute atomic E-state index is 12.1. The molecule has 0 saturated heterocycles. The highest BCUT2D eigenvalue weighted by molar-refractivity contribution is 6.32. The van der Waals surface area contributed by atoms with Gasteiger partial charge in [-0.1, -0.05) is 31.4 Å². The summed E-state index contributed by atoms with van der Waals surface area (Å²) in [6.45, 7) is 2.08. The fourth-order valence-corrected chi connectivity index (χ4v) is 2.16. The smallest absolute Gasteiger partial charge is 0.254 e. The number of amides is 1. The molecule has 3 N–H and O–H groups in total. The van der Waals surface area contributed by atoms with Crippen LogP contribution in [0.25, 0.3) is 0 Å². The van der Waals surface area contributed by atoms with Gasteiger partial charge in [0.2, 0.25) is 0 Å². The fraction of sp³-hybridized carbons (Fsp3) is 0.538. The predicted octanol–water partition coefficient (Wildman–Crippen LogP) is 2.63. The molecule has 1 fully saturated rings. The third-order valence-electron chi connectivity index (χ3n) is 3.25. The maximum atomic E-state index is 12.1. The molecule has 0 radical (unpaired) electrons. The molecule has 1 heterocycles. The maximum Gasteiger partial charge on any atom is 0.254 e. The summed E-state index contributed by atoms with van der Waals surface area (Å²) in [5.74, 6) is 0.594. The van der Waals surface area contributed by atoms with Crippen molar-refractivity contribution in [3.63, 3.8) is 0 Å². The topological polar surface area (TPSA) is 68.0 Å². The molecule has 0 aromatic carbocycles. The number of anilines is 1. The minimum atomic E-state index is -0.188. The van der Waals surface area contributed by atoms with Crippen molar-refractivity contribution in [1.82, 2.24) is 10.3 Å². The highest BCUT2D eigenvalue weighted by atomic mass is 35.5. The van der Waals surface area contributed by atoms with Gasteiger partial charge in [-0.2, -0.15) is 0 Å². The minimum absolute atomic E-state index is 0.188. The lowest BCUT2D eigenvalue weighted by molar-refractivity contribution is 0.0932. The Balaban J connectivity index is 2.02. The van der Waals surface area contributed by atoms with Crippen molar-refractivity contribution in [2.75, 3.05) is 5.73 Å². The summed E-state index contributed by atoms with van der Waals surface area (Å²) in [4.78, 5) is 16.0. The Morgan fingerprint density at radius 2 is 2.39 bits per heavy atom. The number of halogens is 1. The standard InChI is InChI=1S/C13H18ClN3O/c1-2-10(5-8-3-4-8)17-13(18)11-6-9(15)7-16-12(11)14/h6-8,10H,2-5,15H2,1H3,(H,17,18). The average molecular weight is 268 g/mol. The van der Waals surface area contributed by atoms with Crippen LogP contribution in [0.2, 0.25) is 5.15 Å². The van der Waals surface area contributed by atoms with Crippen molar-refractivity contribution in [3.8, 4) is 0 Å². The van der Waals surface area contributed by atoms with Crippen LogP contribution in [0.5, 0.6) is 0 Å². The first kappa shape index (κ1) is 13.1. The number of nitrogen functional groups attached to an aromatic ring is 1. The number of nitrogens with two attached hydrogens (primary N) is 1. The van der Waals surface area contributed by atoms with E-state index in [0.29, 0.717) is 11.3 Å². The molecule has 2 rings (SSSR count). The lowest BCUT2D eigenvalue weighted by atomic mass is 10.1.